The summed E-state index contributed by atoms with van der Waals surface area (Å²) < 4.78 is 10.4. The molecule has 0 spiro atoms. The predicted molar refractivity (Wildman–Crippen MR) is 125 cm³/mol. The number of carboxylic acid groups (broad SMARTS) is 2. The highest BCUT2D eigenvalue weighted by Gasteiger charge is 2.27. The van der Waals surface area contributed by atoms with Crippen LogP contribution in [-0.4, -0.2) is 47.3 Å². The maximum Gasteiger partial charge on any atom is 0.307 e. The smallest absolute Gasteiger partial charge is 0.307 e. The van der Waals surface area contributed by atoms with Gasteiger partial charge in [-0.2, -0.15) is 0 Å². The van der Waals surface area contributed by atoms with Crippen LogP contribution in [0.2, 0.25) is 0 Å². The minimum absolute atomic E-state index is 0.0563. The summed E-state index contributed by atoms with van der Waals surface area (Å²) in [5, 5.41) is 18.6. The number of carboxylic acids is 2. The van der Waals surface area contributed by atoms with Crippen molar-refractivity contribution in [2.24, 2.45) is 17.3 Å². The molecule has 8 heteroatoms. The predicted octanol–water partition coefficient (Wildman–Crippen LogP) is 4.77. The molecular weight excluding hydrogens is 428 g/mol. The SMILES string of the molecule is CCC/C=C/CC(CC(=O)OCC(C)(C)COC(=O)CC(C/C=C/CCC)C(=O)O)C(=O)O. The van der Waals surface area contributed by atoms with E-state index in [1.54, 1.807) is 26.0 Å². The first-order valence-corrected chi connectivity index (χ1v) is 11.6. The molecule has 188 valence electrons. The Kier molecular flexibility index (Phi) is 15.6. The Balaban J connectivity index is 4.53. The molecule has 0 saturated carbocycles. The summed E-state index contributed by atoms with van der Waals surface area (Å²) in [6.07, 6.45) is 11.0. The van der Waals surface area contributed by atoms with Gasteiger partial charge in [0, 0.05) is 5.41 Å². The Labute approximate surface area is 197 Å². The molecule has 0 aromatic carbocycles. The summed E-state index contributed by atoms with van der Waals surface area (Å²) in [6.45, 7) is 7.39. The fraction of sp³-hybridized carbons (Fsp3) is 0.680. The zero-order valence-corrected chi connectivity index (χ0v) is 20.4. The third-order valence-electron chi connectivity index (χ3n) is 4.86. The zero-order valence-electron chi connectivity index (χ0n) is 20.4. The second-order valence-electron chi connectivity index (χ2n) is 8.96. The van der Waals surface area contributed by atoms with Crippen LogP contribution in [0.5, 0.6) is 0 Å². The van der Waals surface area contributed by atoms with E-state index in [0.29, 0.717) is 0 Å². The Morgan fingerprint density at radius 3 is 1.39 bits per heavy atom. The molecule has 33 heavy (non-hydrogen) atoms. The van der Waals surface area contributed by atoms with Crippen molar-refractivity contribution in [2.45, 2.75) is 79.1 Å². The van der Waals surface area contributed by atoms with Gasteiger partial charge >= 0.3 is 23.9 Å². The van der Waals surface area contributed by atoms with E-state index in [1.807, 2.05) is 26.0 Å². The quantitative estimate of drug-likeness (QED) is 0.217. The van der Waals surface area contributed by atoms with E-state index < -0.39 is 41.1 Å². The molecule has 2 unspecified atom stereocenters. The van der Waals surface area contributed by atoms with Crippen molar-refractivity contribution >= 4 is 23.9 Å². The number of rotatable bonds is 18. The van der Waals surface area contributed by atoms with Gasteiger partial charge < -0.3 is 19.7 Å². The molecule has 2 N–H and O–H groups in total. The number of hydrogen-bond donors (Lipinski definition) is 2. The van der Waals surface area contributed by atoms with Crippen molar-refractivity contribution in [3.8, 4) is 0 Å². The third-order valence-corrected chi connectivity index (χ3v) is 4.86. The van der Waals surface area contributed by atoms with Crippen LogP contribution in [0.25, 0.3) is 0 Å². The number of carbonyl (C=O) groups excluding carboxylic acids is 2. The summed E-state index contributed by atoms with van der Waals surface area (Å²) in [7, 11) is 0. The van der Waals surface area contributed by atoms with Gasteiger partial charge in [0.05, 0.1) is 37.9 Å². The molecule has 2 atom stereocenters. The summed E-state index contributed by atoms with van der Waals surface area (Å²) in [5.41, 5.74) is -0.704. The highest BCUT2D eigenvalue weighted by atomic mass is 16.5. The Morgan fingerprint density at radius 1 is 0.727 bits per heavy atom. The van der Waals surface area contributed by atoms with E-state index >= 15 is 0 Å². The van der Waals surface area contributed by atoms with Gasteiger partial charge in [-0.3, -0.25) is 19.2 Å². The van der Waals surface area contributed by atoms with Crippen LogP contribution in [0, 0.1) is 17.3 Å². The fourth-order valence-electron chi connectivity index (χ4n) is 2.75. The highest BCUT2D eigenvalue weighted by molar-refractivity contribution is 5.79. The number of ether oxygens (including phenoxy) is 2. The molecule has 0 rings (SSSR count). The van der Waals surface area contributed by atoms with E-state index in [1.165, 1.54) is 0 Å². The molecule has 0 aliphatic carbocycles. The molecule has 0 radical (unpaired) electrons. The van der Waals surface area contributed by atoms with Crippen molar-refractivity contribution in [1.82, 2.24) is 0 Å². The monoisotopic (exact) mass is 468 g/mol. The van der Waals surface area contributed by atoms with Gasteiger partial charge in [-0.25, -0.2) is 0 Å². The van der Waals surface area contributed by atoms with Crippen LogP contribution in [0.1, 0.15) is 79.1 Å². The Hall–Kier alpha value is -2.64. The summed E-state index contributed by atoms with van der Waals surface area (Å²) in [5.74, 6) is -5.08. The van der Waals surface area contributed by atoms with Gasteiger partial charge in [0.1, 0.15) is 0 Å². The molecule has 0 aromatic heterocycles. The van der Waals surface area contributed by atoms with Gasteiger partial charge in [0.2, 0.25) is 0 Å². The van der Waals surface area contributed by atoms with E-state index in [9.17, 15) is 29.4 Å². The van der Waals surface area contributed by atoms with Crippen molar-refractivity contribution in [1.29, 1.82) is 0 Å². The van der Waals surface area contributed by atoms with Crippen LogP contribution >= 0.6 is 0 Å². The molecule has 0 heterocycles. The average Bonchev–Trinajstić information content (AvgIpc) is 2.75. The number of esters is 2. The molecule has 0 aromatic rings. The average molecular weight is 469 g/mol. The molecule has 0 aliphatic heterocycles. The van der Waals surface area contributed by atoms with Gasteiger partial charge in [-0.15, -0.1) is 0 Å². The molecule has 8 nitrogen and oxygen atoms in total. The molecule has 0 amide bonds. The van der Waals surface area contributed by atoms with Crippen molar-refractivity contribution < 1.29 is 38.9 Å². The van der Waals surface area contributed by atoms with E-state index in [0.717, 1.165) is 25.7 Å². The number of hydrogen-bond acceptors (Lipinski definition) is 6. The fourth-order valence-corrected chi connectivity index (χ4v) is 2.75. The standard InChI is InChI=1S/C25H40O8/c1-5-7-9-11-13-19(23(28)29)15-21(26)32-17-25(3,4)18-33-22(27)16-20(24(30)31)14-12-10-8-6-2/h9-12,19-20H,5-8,13-18H2,1-4H3,(H,28,29)(H,30,31)/b11-9+,12-10+. The van der Waals surface area contributed by atoms with Crippen LogP contribution < -0.4 is 0 Å². The number of allylic oxidation sites excluding steroid dienone is 4. The second kappa shape index (κ2) is 16.9. The molecule has 0 saturated heterocycles. The van der Waals surface area contributed by atoms with Crippen LogP contribution in [0.3, 0.4) is 0 Å². The first kappa shape index (κ1) is 30.4. The largest absolute Gasteiger partial charge is 0.481 e. The summed E-state index contributed by atoms with van der Waals surface area (Å²) >= 11 is 0. The lowest BCUT2D eigenvalue weighted by Crippen LogP contribution is -2.30. The Morgan fingerprint density at radius 2 is 1.09 bits per heavy atom. The Bertz CT molecular complexity index is 622. The van der Waals surface area contributed by atoms with E-state index in [4.69, 9.17) is 9.47 Å². The normalized spacial score (nSPS) is 13.7. The van der Waals surface area contributed by atoms with Crippen LogP contribution in [-0.2, 0) is 28.7 Å². The number of aliphatic carboxylic acids is 2. The van der Waals surface area contributed by atoms with Crippen LogP contribution in [0.4, 0.5) is 0 Å². The maximum absolute atomic E-state index is 12.1. The highest BCUT2D eigenvalue weighted by Crippen LogP contribution is 2.20. The molecule has 0 fully saturated rings. The first-order chi connectivity index (χ1) is 15.5. The van der Waals surface area contributed by atoms with E-state index in [2.05, 4.69) is 0 Å². The van der Waals surface area contributed by atoms with Crippen molar-refractivity contribution in [2.75, 3.05) is 13.2 Å². The molecule has 0 bridgehead atoms. The third kappa shape index (κ3) is 15.7. The van der Waals surface area contributed by atoms with Gasteiger partial charge in [-0.1, -0.05) is 64.8 Å². The van der Waals surface area contributed by atoms with Gasteiger partial charge in [0.15, 0.2) is 0 Å². The van der Waals surface area contributed by atoms with Crippen molar-refractivity contribution in [3.05, 3.63) is 24.3 Å². The minimum Gasteiger partial charge on any atom is -0.481 e. The van der Waals surface area contributed by atoms with E-state index in [-0.39, 0.29) is 38.9 Å². The number of carbonyl (C=O) groups is 4. The second-order valence-corrected chi connectivity index (χ2v) is 8.96. The minimum atomic E-state index is -1.06. The van der Waals surface area contributed by atoms with Gasteiger partial charge in [0.25, 0.3) is 0 Å². The van der Waals surface area contributed by atoms with Crippen molar-refractivity contribution in [3.63, 3.8) is 0 Å². The lowest BCUT2D eigenvalue weighted by molar-refractivity contribution is -0.158. The van der Waals surface area contributed by atoms with Gasteiger partial charge in [-0.05, 0) is 25.7 Å². The van der Waals surface area contributed by atoms with Crippen LogP contribution in [0.15, 0.2) is 24.3 Å². The molecule has 0 aliphatic rings. The number of unbranched alkanes of at least 4 members (excludes halogenated alkanes) is 2. The topological polar surface area (TPSA) is 127 Å². The summed E-state index contributed by atoms with van der Waals surface area (Å²) in [6, 6.07) is 0. The lowest BCUT2D eigenvalue weighted by atomic mass is 9.96. The zero-order chi connectivity index (χ0) is 25.3. The first-order valence-electron chi connectivity index (χ1n) is 11.6. The maximum atomic E-state index is 12.1. The lowest BCUT2D eigenvalue weighted by Gasteiger charge is -2.24. The summed E-state index contributed by atoms with van der Waals surface area (Å²) in [4.78, 5) is 47.0. The molecular formula is C25H40O8.